The Morgan fingerprint density at radius 2 is 2.05 bits per heavy atom. The highest BCUT2D eigenvalue weighted by molar-refractivity contribution is 7.89. The van der Waals surface area contributed by atoms with Gasteiger partial charge in [0.15, 0.2) is 0 Å². The van der Waals surface area contributed by atoms with E-state index in [0.29, 0.717) is 25.4 Å². The number of rotatable bonds is 4. The van der Waals surface area contributed by atoms with Crippen LogP contribution in [0.2, 0.25) is 0 Å². The molecule has 6 heteroatoms. The van der Waals surface area contributed by atoms with Crippen LogP contribution < -0.4 is 5.73 Å². The standard InChI is InChI=1S/C13H20N2O3S/c1-2-18-12-6-8-15(9-7-12)19(16,17)13-5-3-4-11(14)10-13/h3-5,10,12H,2,6-9,14H2,1H3. The molecule has 0 amide bonds. The first kappa shape index (κ1) is 14.3. The summed E-state index contributed by atoms with van der Waals surface area (Å²) in [5, 5.41) is 0. The van der Waals surface area contributed by atoms with Gasteiger partial charge in [0.05, 0.1) is 11.0 Å². The highest BCUT2D eigenvalue weighted by Crippen LogP contribution is 2.23. The average molecular weight is 284 g/mol. The van der Waals surface area contributed by atoms with E-state index in [2.05, 4.69) is 0 Å². The Morgan fingerprint density at radius 3 is 2.63 bits per heavy atom. The monoisotopic (exact) mass is 284 g/mol. The Kier molecular flexibility index (Phi) is 4.44. The molecule has 0 bridgehead atoms. The number of nitrogen functional groups attached to an aromatic ring is 1. The van der Waals surface area contributed by atoms with Crippen LogP contribution in [0, 0.1) is 0 Å². The maximum atomic E-state index is 12.4. The molecular weight excluding hydrogens is 264 g/mol. The normalized spacial score (nSPS) is 18.6. The number of hydrogen-bond donors (Lipinski definition) is 1. The molecule has 1 heterocycles. The maximum Gasteiger partial charge on any atom is 0.243 e. The Morgan fingerprint density at radius 1 is 1.37 bits per heavy atom. The van der Waals surface area contributed by atoms with Gasteiger partial charge in [-0.2, -0.15) is 4.31 Å². The van der Waals surface area contributed by atoms with Crippen LogP contribution >= 0.6 is 0 Å². The second-order valence-electron chi connectivity index (χ2n) is 4.63. The van der Waals surface area contributed by atoms with E-state index in [-0.39, 0.29) is 11.0 Å². The molecule has 0 aliphatic carbocycles. The molecule has 0 radical (unpaired) electrons. The van der Waals surface area contributed by atoms with Gasteiger partial charge in [-0.25, -0.2) is 8.42 Å². The summed E-state index contributed by atoms with van der Waals surface area (Å²) in [4.78, 5) is 0.266. The molecule has 0 unspecified atom stereocenters. The van der Waals surface area contributed by atoms with Gasteiger partial charge in [0.25, 0.3) is 0 Å². The molecule has 0 spiro atoms. The van der Waals surface area contributed by atoms with E-state index in [1.165, 1.54) is 10.4 Å². The van der Waals surface area contributed by atoms with Crippen LogP contribution in [-0.4, -0.2) is 38.5 Å². The van der Waals surface area contributed by atoms with E-state index < -0.39 is 10.0 Å². The third kappa shape index (κ3) is 3.26. The average Bonchev–Trinajstić information content (AvgIpc) is 2.40. The van der Waals surface area contributed by atoms with Gasteiger partial charge in [-0.3, -0.25) is 0 Å². The number of ether oxygens (including phenoxy) is 1. The van der Waals surface area contributed by atoms with E-state index in [0.717, 1.165) is 12.8 Å². The third-order valence-electron chi connectivity index (χ3n) is 3.30. The first-order valence-electron chi connectivity index (χ1n) is 6.51. The van der Waals surface area contributed by atoms with Crippen LogP contribution in [0.4, 0.5) is 5.69 Å². The first-order chi connectivity index (χ1) is 9.04. The minimum Gasteiger partial charge on any atom is -0.399 e. The van der Waals surface area contributed by atoms with Gasteiger partial charge in [0.2, 0.25) is 10.0 Å². The Balaban J connectivity index is 2.10. The van der Waals surface area contributed by atoms with Crippen LogP contribution in [0.3, 0.4) is 0 Å². The largest absolute Gasteiger partial charge is 0.399 e. The van der Waals surface area contributed by atoms with Crippen LogP contribution in [-0.2, 0) is 14.8 Å². The fourth-order valence-corrected chi connectivity index (χ4v) is 3.82. The van der Waals surface area contributed by atoms with Crippen molar-refractivity contribution in [3.63, 3.8) is 0 Å². The zero-order valence-electron chi connectivity index (χ0n) is 11.1. The molecule has 1 saturated heterocycles. The number of nitrogens with two attached hydrogens (primary N) is 1. The highest BCUT2D eigenvalue weighted by atomic mass is 32.2. The second-order valence-corrected chi connectivity index (χ2v) is 6.57. The quantitative estimate of drug-likeness (QED) is 0.850. The molecule has 2 rings (SSSR count). The Labute approximate surface area is 114 Å². The number of benzene rings is 1. The number of nitrogens with zero attached hydrogens (tertiary/aromatic N) is 1. The van der Waals surface area contributed by atoms with Crippen LogP contribution in [0.15, 0.2) is 29.2 Å². The fourth-order valence-electron chi connectivity index (χ4n) is 2.30. The summed E-state index contributed by atoms with van der Waals surface area (Å²) in [7, 11) is -3.43. The van der Waals surface area contributed by atoms with E-state index in [9.17, 15) is 8.42 Å². The van der Waals surface area contributed by atoms with Crippen molar-refractivity contribution in [2.75, 3.05) is 25.4 Å². The van der Waals surface area contributed by atoms with Crippen LogP contribution in [0.5, 0.6) is 0 Å². The molecule has 0 atom stereocenters. The lowest BCUT2D eigenvalue weighted by molar-refractivity contribution is 0.0290. The molecule has 1 aromatic carbocycles. The van der Waals surface area contributed by atoms with Crippen molar-refractivity contribution < 1.29 is 13.2 Å². The molecule has 0 aromatic heterocycles. The lowest BCUT2D eigenvalue weighted by Crippen LogP contribution is -2.40. The van der Waals surface area contributed by atoms with Crippen molar-refractivity contribution in [1.29, 1.82) is 0 Å². The summed E-state index contributed by atoms with van der Waals surface area (Å²) in [6.45, 7) is 3.63. The van der Waals surface area contributed by atoms with Crippen molar-refractivity contribution >= 4 is 15.7 Å². The lowest BCUT2D eigenvalue weighted by atomic mass is 10.1. The summed E-state index contributed by atoms with van der Waals surface area (Å²) >= 11 is 0. The van der Waals surface area contributed by atoms with E-state index in [4.69, 9.17) is 10.5 Å². The van der Waals surface area contributed by atoms with Crippen molar-refractivity contribution in [3.05, 3.63) is 24.3 Å². The predicted molar refractivity (Wildman–Crippen MR) is 74.3 cm³/mol. The summed E-state index contributed by atoms with van der Waals surface area (Å²) in [5.41, 5.74) is 6.11. The third-order valence-corrected chi connectivity index (χ3v) is 5.19. The smallest absolute Gasteiger partial charge is 0.243 e. The molecule has 5 nitrogen and oxygen atoms in total. The first-order valence-corrected chi connectivity index (χ1v) is 7.95. The van der Waals surface area contributed by atoms with E-state index in [1.54, 1.807) is 18.2 Å². The van der Waals surface area contributed by atoms with Crippen molar-refractivity contribution in [2.45, 2.75) is 30.8 Å². The van der Waals surface area contributed by atoms with Gasteiger partial charge in [-0.15, -0.1) is 0 Å². The molecule has 1 aromatic rings. The fraction of sp³-hybridized carbons (Fsp3) is 0.538. The van der Waals surface area contributed by atoms with Crippen molar-refractivity contribution in [2.24, 2.45) is 0 Å². The summed E-state index contributed by atoms with van der Waals surface area (Å²) in [5.74, 6) is 0. The summed E-state index contributed by atoms with van der Waals surface area (Å²) < 4.78 is 31.9. The predicted octanol–water partition coefficient (Wildman–Crippen LogP) is 1.46. The number of piperidine rings is 1. The SMILES string of the molecule is CCOC1CCN(S(=O)(=O)c2cccc(N)c2)CC1. The molecule has 106 valence electrons. The molecule has 19 heavy (non-hydrogen) atoms. The van der Waals surface area contributed by atoms with Gasteiger partial charge in [0, 0.05) is 25.4 Å². The molecule has 2 N–H and O–H groups in total. The second kappa shape index (κ2) is 5.90. The highest BCUT2D eigenvalue weighted by Gasteiger charge is 2.29. The van der Waals surface area contributed by atoms with Gasteiger partial charge in [-0.1, -0.05) is 6.07 Å². The van der Waals surface area contributed by atoms with Gasteiger partial charge >= 0.3 is 0 Å². The zero-order chi connectivity index (χ0) is 13.9. The number of anilines is 1. The maximum absolute atomic E-state index is 12.4. The van der Waals surface area contributed by atoms with Crippen molar-refractivity contribution in [3.8, 4) is 0 Å². The van der Waals surface area contributed by atoms with E-state index in [1.807, 2.05) is 6.92 Å². The van der Waals surface area contributed by atoms with Crippen LogP contribution in [0.1, 0.15) is 19.8 Å². The molecule has 1 aliphatic rings. The molecule has 1 aliphatic heterocycles. The van der Waals surface area contributed by atoms with Crippen LogP contribution in [0.25, 0.3) is 0 Å². The summed E-state index contributed by atoms with van der Waals surface area (Å²) in [6, 6.07) is 6.43. The van der Waals surface area contributed by atoms with E-state index >= 15 is 0 Å². The Bertz CT molecular complexity index is 522. The van der Waals surface area contributed by atoms with Gasteiger partial charge in [0.1, 0.15) is 0 Å². The van der Waals surface area contributed by atoms with Crippen molar-refractivity contribution in [1.82, 2.24) is 4.31 Å². The summed E-state index contributed by atoms with van der Waals surface area (Å²) in [6.07, 6.45) is 1.67. The van der Waals surface area contributed by atoms with Gasteiger partial charge in [-0.05, 0) is 38.0 Å². The number of sulfonamides is 1. The minimum absolute atomic E-state index is 0.178. The molecule has 1 fully saturated rings. The Hall–Kier alpha value is -1.11. The molecular formula is C13H20N2O3S. The lowest BCUT2D eigenvalue weighted by Gasteiger charge is -2.31. The zero-order valence-corrected chi connectivity index (χ0v) is 11.9. The molecule has 0 saturated carbocycles. The topological polar surface area (TPSA) is 72.6 Å². The van der Waals surface area contributed by atoms with Gasteiger partial charge < -0.3 is 10.5 Å². The minimum atomic E-state index is -3.43. The number of hydrogen-bond acceptors (Lipinski definition) is 4.